The highest BCUT2D eigenvalue weighted by Gasteiger charge is 2.65. The Balaban J connectivity index is 1.76. The van der Waals surface area contributed by atoms with Crippen LogP contribution >= 0.6 is 0 Å². The lowest BCUT2D eigenvalue weighted by molar-refractivity contribution is -0.384. The first-order valence-corrected chi connectivity index (χ1v) is 20.0. The number of carbonyl (C=O) groups excluding carboxylic acids is 1. The largest absolute Gasteiger partial charge is 0.459 e. The first-order chi connectivity index (χ1) is 27.8. The summed E-state index contributed by atoms with van der Waals surface area (Å²) >= 11 is 0. The van der Waals surface area contributed by atoms with Crippen molar-refractivity contribution in [2.45, 2.75) is 76.5 Å². The second-order valence-corrected chi connectivity index (χ2v) is 14.3. The molecule has 2 aliphatic carbocycles. The summed E-state index contributed by atoms with van der Waals surface area (Å²) in [5.74, 6) is -1.11. The number of nitro groups is 1. The second-order valence-electron chi connectivity index (χ2n) is 14.3. The fourth-order valence-electron chi connectivity index (χ4n) is 8.56. The van der Waals surface area contributed by atoms with Crippen LogP contribution in [0.5, 0.6) is 17.2 Å². The van der Waals surface area contributed by atoms with Crippen molar-refractivity contribution in [3.05, 3.63) is 82.4 Å². The SMILES string of the molecule is C=CCO[C@@]12Oc3ccc(Oc4cccc([N+](=O)[O-])c4)cc3[C@H]3[C@H](CCCCO)[C@@H](CCCCO)C=C(C(=NOCC)C[C@@H]1N(CCOCCO)C(=O)OCC)[C@H]32. The minimum absolute atomic E-state index is 0.0207. The number of nitro benzene ring substituents is 1. The Morgan fingerprint density at radius 1 is 1.04 bits per heavy atom. The van der Waals surface area contributed by atoms with Crippen molar-refractivity contribution < 1.29 is 53.6 Å². The predicted molar refractivity (Wildman–Crippen MR) is 211 cm³/mol. The predicted octanol–water partition coefficient (Wildman–Crippen LogP) is 6.51. The average Bonchev–Trinajstić information content (AvgIpc) is 3.21. The third-order valence-corrected chi connectivity index (χ3v) is 10.8. The molecule has 2 aromatic carbocycles. The van der Waals surface area contributed by atoms with Gasteiger partial charge in [-0.05, 0) is 81.2 Å². The number of aliphatic hydroxyl groups is 3. The summed E-state index contributed by atoms with van der Waals surface area (Å²) < 4.78 is 31.7. The van der Waals surface area contributed by atoms with E-state index in [0.717, 1.165) is 36.8 Å². The minimum atomic E-state index is -1.50. The van der Waals surface area contributed by atoms with Crippen LogP contribution in [0.1, 0.15) is 70.3 Å². The van der Waals surface area contributed by atoms with Crippen molar-refractivity contribution in [3.63, 3.8) is 0 Å². The van der Waals surface area contributed by atoms with Crippen LogP contribution in [-0.2, 0) is 19.0 Å². The topological polar surface area (TPSA) is 192 Å². The molecule has 1 aliphatic heterocycles. The number of non-ortho nitro benzene ring substituents is 1. The van der Waals surface area contributed by atoms with Gasteiger partial charge in [-0.1, -0.05) is 36.2 Å². The number of allylic oxidation sites excluding steroid dienone is 1. The molecule has 3 N–H and O–H groups in total. The number of oxime groups is 1. The lowest BCUT2D eigenvalue weighted by Gasteiger charge is -2.59. The number of nitrogens with zero attached hydrogens (tertiary/aromatic N) is 3. The van der Waals surface area contributed by atoms with Crippen LogP contribution < -0.4 is 9.47 Å². The standard InChI is InChI=1S/C42H57N3O12/c1-4-22-54-42-38(44(41(49)53-5-2)18-23-52-24-21-48)28-36(43-55-6-3)34-25-29(12-7-9-19-46)33(15-8-10-20-47)39(40(34)42)35-27-32(16-17-37(35)57-42)56-31-14-11-13-30(26-31)45(50)51/h4,11,13-14,16-17,25-27,29,33,38-40,46-48H,1,5-10,12,15,18-24,28H2,2-3H3/t29-,33+,38-,39+,40+,42+/m0/s1. The Morgan fingerprint density at radius 3 is 2.51 bits per heavy atom. The summed E-state index contributed by atoms with van der Waals surface area (Å²) in [5.41, 5.74) is 2.24. The summed E-state index contributed by atoms with van der Waals surface area (Å²) in [5, 5.41) is 45.3. The van der Waals surface area contributed by atoms with E-state index in [4.69, 9.17) is 28.5 Å². The van der Waals surface area contributed by atoms with Crippen molar-refractivity contribution in [3.8, 4) is 17.2 Å². The molecule has 0 aromatic heterocycles. The highest BCUT2D eigenvalue weighted by atomic mass is 16.7. The van der Waals surface area contributed by atoms with Gasteiger partial charge in [0.25, 0.3) is 5.69 Å². The highest BCUT2D eigenvalue weighted by molar-refractivity contribution is 6.03. The number of rotatable bonds is 23. The maximum atomic E-state index is 14.0. The maximum Gasteiger partial charge on any atom is 0.410 e. The lowest BCUT2D eigenvalue weighted by Crippen LogP contribution is -2.70. The third kappa shape index (κ3) is 10.1. The zero-order chi connectivity index (χ0) is 40.8. The minimum Gasteiger partial charge on any atom is -0.459 e. The van der Waals surface area contributed by atoms with Crippen molar-refractivity contribution in [1.82, 2.24) is 4.90 Å². The van der Waals surface area contributed by atoms with Crippen LogP contribution in [0.15, 0.2) is 71.9 Å². The summed E-state index contributed by atoms with van der Waals surface area (Å²) in [4.78, 5) is 32.4. The van der Waals surface area contributed by atoms with E-state index in [1.165, 1.54) is 12.1 Å². The van der Waals surface area contributed by atoms with Gasteiger partial charge in [0.05, 0.1) is 55.7 Å². The summed E-state index contributed by atoms with van der Waals surface area (Å²) in [6.07, 6.45) is 7.76. The summed E-state index contributed by atoms with van der Waals surface area (Å²) in [7, 11) is 0. The van der Waals surface area contributed by atoms with E-state index in [0.29, 0.717) is 42.4 Å². The number of carbonyl (C=O) groups is 1. The van der Waals surface area contributed by atoms with Crippen molar-refractivity contribution in [2.24, 2.45) is 22.9 Å². The van der Waals surface area contributed by atoms with Crippen LogP contribution in [0.4, 0.5) is 10.5 Å². The molecule has 0 radical (unpaired) electrons. The molecule has 0 unspecified atom stereocenters. The van der Waals surface area contributed by atoms with Crippen LogP contribution in [0, 0.1) is 27.9 Å². The molecule has 2 aromatic rings. The molecule has 15 heteroatoms. The zero-order valence-electron chi connectivity index (χ0n) is 33.0. The van der Waals surface area contributed by atoms with E-state index in [1.54, 1.807) is 42.2 Å². The van der Waals surface area contributed by atoms with Gasteiger partial charge in [-0.3, -0.25) is 15.0 Å². The maximum absolute atomic E-state index is 14.0. The van der Waals surface area contributed by atoms with Gasteiger partial charge in [0.2, 0.25) is 5.79 Å². The molecule has 6 atom stereocenters. The normalized spacial score (nSPS) is 24.1. The number of unbranched alkanes of at least 4 members (excludes halogenated alkanes) is 2. The smallest absolute Gasteiger partial charge is 0.410 e. The number of hydrogen-bond acceptors (Lipinski definition) is 13. The fourth-order valence-corrected chi connectivity index (χ4v) is 8.56. The Morgan fingerprint density at radius 2 is 1.81 bits per heavy atom. The number of aliphatic hydroxyl groups excluding tert-OH is 3. The molecule has 1 heterocycles. The first kappa shape index (κ1) is 43.6. The Hall–Kier alpha value is -4.54. The molecule has 0 spiro atoms. The van der Waals surface area contributed by atoms with Crippen LogP contribution in [-0.4, -0.2) is 108 Å². The Kier molecular flexibility index (Phi) is 16.3. The van der Waals surface area contributed by atoms with Crippen LogP contribution in [0.2, 0.25) is 0 Å². The highest BCUT2D eigenvalue weighted by Crippen LogP contribution is 2.62. The monoisotopic (exact) mass is 795 g/mol. The molecule has 3 aliphatic rings. The molecule has 5 rings (SSSR count). The molecule has 1 amide bonds. The van der Waals surface area contributed by atoms with E-state index >= 15 is 0 Å². The number of benzene rings is 2. The molecule has 1 fully saturated rings. The van der Waals surface area contributed by atoms with Gasteiger partial charge in [-0.15, -0.1) is 6.58 Å². The van der Waals surface area contributed by atoms with E-state index < -0.39 is 28.8 Å². The van der Waals surface area contributed by atoms with Gasteiger partial charge in [0.1, 0.15) is 29.9 Å². The van der Waals surface area contributed by atoms with Crippen molar-refractivity contribution in [2.75, 3.05) is 59.4 Å². The van der Waals surface area contributed by atoms with Gasteiger partial charge in [0, 0.05) is 43.7 Å². The van der Waals surface area contributed by atoms with Gasteiger partial charge < -0.3 is 43.8 Å². The second kappa shape index (κ2) is 21.3. The van der Waals surface area contributed by atoms with Gasteiger partial charge in [-0.2, -0.15) is 0 Å². The number of fused-ring (bicyclic) bond motifs is 2. The van der Waals surface area contributed by atoms with Gasteiger partial charge in [-0.25, -0.2) is 4.79 Å². The van der Waals surface area contributed by atoms with Gasteiger partial charge in [0.15, 0.2) is 0 Å². The first-order valence-electron chi connectivity index (χ1n) is 20.0. The van der Waals surface area contributed by atoms with E-state index in [1.807, 2.05) is 13.0 Å². The molecular formula is C42H57N3O12. The molecule has 0 bridgehead atoms. The molecule has 0 saturated heterocycles. The summed E-state index contributed by atoms with van der Waals surface area (Å²) in [6, 6.07) is 10.7. The third-order valence-electron chi connectivity index (χ3n) is 10.8. The number of ether oxygens (including phenoxy) is 5. The Bertz CT molecular complexity index is 1720. The quantitative estimate of drug-likeness (QED) is 0.0479. The van der Waals surface area contributed by atoms with Crippen LogP contribution in [0.25, 0.3) is 0 Å². The fraction of sp³-hybridized carbons (Fsp3) is 0.571. The number of amides is 1. The van der Waals surface area contributed by atoms with Crippen molar-refractivity contribution in [1.29, 1.82) is 0 Å². The summed E-state index contributed by atoms with van der Waals surface area (Å²) in [6.45, 7) is 8.28. The average molecular weight is 796 g/mol. The molecule has 1 saturated carbocycles. The Labute approximate surface area is 334 Å². The van der Waals surface area contributed by atoms with E-state index in [9.17, 15) is 30.2 Å². The lowest BCUT2D eigenvalue weighted by atomic mass is 9.55. The van der Waals surface area contributed by atoms with Crippen LogP contribution in [0.3, 0.4) is 0 Å². The molecule has 57 heavy (non-hydrogen) atoms. The van der Waals surface area contributed by atoms with Gasteiger partial charge >= 0.3 is 6.09 Å². The molecular weight excluding hydrogens is 738 g/mol. The van der Waals surface area contributed by atoms with Crippen molar-refractivity contribution >= 4 is 17.5 Å². The van der Waals surface area contributed by atoms with E-state index in [-0.39, 0.29) is 82.7 Å². The molecule has 312 valence electrons. The molecule has 15 nitrogen and oxygen atoms in total. The van der Waals surface area contributed by atoms with E-state index in [2.05, 4.69) is 17.8 Å². The zero-order valence-corrected chi connectivity index (χ0v) is 33.0. The number of hydrogen-bond donors (Lipinski definition) is 3.